The fraction of sp³-hybridized carbons (Fsp3) is 0.353. The lowest BCUT2D eigenvalue weighted by Gasteiger charge is -2.34. The number of nitrogens with zero attached hydrogens (tertiary/aromatic N) is 1. The van der Waals surface area contributed by atoms with Crippen molar-refractivity contribution in [3.05, 3.63) is 56.7 Å². The Morgan fingerprint density at radius 3 is 3.00 bits per heavy atom. The zero-order valence-corrected chi connectivity index (χ0v) is 14.0. The molecule has 0 N–H and O–H groups in total. The van der Waals surface area contributed by atoms with Gasteiger partial charge in [-0.3, -0.25) is 9.69 Å². The van der Waals surface area contributed by atoms with Gasteiger partial charge in [0.05, 0.1) is 13.5 Å². The molecule has 116 valence electrons. The predicted molar refractivity (Wildman–Crippen MR) is 89.3 cm³/mol. The number of carbonyl (C=O) groups excluding carboxylic acids is 1. The fourth-order valence-corrected chi connectivity index (χ4v) is 4.11. The fourth-order valence-electron chi connectivity index (χ4n) is 2.96. The number of methoxy groups -OCH3 is 1. The summed E-state index contributed by atoms with van der Waals surface area (Å²) >= 11 is 8.18. The van der Waals surface area contributed by atoms with Crippen molar-refractivity contribution in [2.24, 2.45) is 0 Å². The molecule has 0 fully saturated rings. The number of thiophene rings is 1. The number of carbonyl (C=O) groups is 1. The number of halogens is 1. The summed E-state index contributed by atoms with van der Waals surface area (Å²) in [4.78, 5) is 15.6. The van der Waals surface area contributed by atoms with Gasteiger partial charge in [-0.15, -0.1) is 11.3 Å². The summed E-state index contributed by atoms with van der Waals surface area (Å²) in [6, 6.07) is 9.88. The minimum Gasteiger partial charge on any atom is -0.469 e. The normalized spacial score (nSPS) is 16.1. The van der Waals surface area contributed by atoms with Crippen molar-refractivity contribution in [1.29, 1.82) is 0 Å². The van der Waals surface area contributed by atoms with Crippen LogP contribution in [0.2, 0.25) is 5.02 Å². The number of fused-ring (bicyclic) bond motifs is 1. The van der Waals surface area contributed by atoms with Crippen molar-refractivity contribution < 1.29 is 9.53 Å². The Morgan fingerprint density at radius 1 is 1.41 bits per heavy atom. The number of rotatable bonds is 4. The number of hydrogen-bond donors (Lipinski definition) is 0. The Balaban J connectivity index is 1.89. The molecule has 2 aromatic rings. The van der Waals surface area contributed by atoms with Gasteiger partial charge in [-0.1, -0.05) is 29.8 Å². The Bertz CT molecular complexity index is 670. The Hall–Kier alpha value is -1.36. The molecule has 0 saturated heterocycles. The molecule has 22 heavy (non-hydrogen) atoms. The van der Waals surface area contributed by atoms with Crippen molar-refractivity contribution in [3.63, 3.8) is 0 Å². The first kappa shape index (κ1) is 15.5. The van der Waals surface area contributed by atoms with Crippen LogP contribution in [0.25, 0.3) is 0 Å². The van der Waals surface area contributed by atoms with Crippen LogP contribution in [-0.4, -0.2) is 24.5 Å². The molecule has 0 unspecified atom stereocenters. The molecule has 0 spiro atoms. The molecular weight excluding hydrogens is 318 g/mol. The van der Waals surface area contributed by atoms with Crippen LogP contribution in [0.15, 0.2) is 35.7 Å². The van der Waals surface area contributed by atoms with Crippen molar-refractivity contribution >= 4 is 28.9 Å². The molecule has 1 aliphatic rings. The maximum Gasteiger partial charge on any atom is 0.307 e. The van der Waals surface area contributed by atoms with Crippen LogP contribution in [0.1, 0.15) is 28.5 Å². The first-order valence-electron chi connectivity index (χ1n) is 7.29. The Morgan fingerprint density at radius 2 is 2.23 bits per heavy atom. The average molecular weight is 336 g/mol. The second-order valence-electron chi connectivity index (χ2n) is 5.41. The third kappa shape index (κ3) is 3.19. The standard InChI is InChI=1S/C17H18ClNO2S/c1-21-17(20)10-15(13-4-2-3-5-14(13)18)19-8-6-16-12(11-19)7-9-22-16/h2-5,7,9,15H,6,8,10-11H2,1H3/t15-/m0/s1. The molecular formula is C17H18ClNO2S. The summed E-state index contributed by atoms with van der Waals surface area (Å²) in [6.45, 7) is 1.78. The summed E-state index contributed by atoms with van der Waals surface area (Å²) in [5.74, 6) is -0.207. The highest BCUT2D eigenvalue weighted by Gasteiger charge is 2.28. The van der Waals surface area contributed by atoms with Crippen LogP contribution < -0.4 is 0 Å². The van der Waals surface area contributed by atoms with E-state index in [1.165, 1.54) is 17.6 Å². The van der Waals surface area contributed by atoms with Gasteiger partial charge in [0, 0.05) is 29.0 Å². The van der Waals surface area contributed by atoms with E-state index in [9.17, 15) is 4.79 Å². The molecule has 2 heterocycles. The molecule has 3 nitrogen and oxygen atoms in total. The number of benzene rings is 1. The Kier molecular flexibility index (Phi) is 4.81. The predicted octanol–water partition coefficient (Wildman–Crippen LogP) is 4.06. The van der Waals surface area contributed by atoms with Crippen LogP contribution in [0.5, 0.6) is 0 Å². The van der Waals surface area contributed by atoms with Crippen molar-refractivity contribution in [2.45, 2.75) is 25.4 Å². The quantitative estimate of drug-likeness (QED) is 0.789. The molecule has 1 aromatic carbocycles. The van der Waals surface area contributed by atoms with Gasteiger partial charge in [0.25, 0.3) is 0 Å². The van der Waals surface area contributed by atoms with E-state index < -0.39 is 0 Å². The van der Waals surface area contributed by atoms with E-state index in [1.807, 2.05) is 35.6 Å². The van der Waals surface area contributed by atoms with Crippen LogP contribution in [0.3, 0.4) is 0 Å². The number of esters is 1. The monoisotopic (exact) mass is 335 g/mol. The lowest BCUT2D eigenvalue weighted by Crippen LogP contribution is -2.35. The van der Waals surface area contributed by atoms with Crippen LogP contribution in [0, 0.1) is 0 Å². The van der Waals surface area contributed by atoms with E-state index in [1.54, 1.807) is 0 Å². The lowest BCUT2D eigenvalue weighted by atomic mass is 9.98. The SMILES string of the molecule is COC(=O)C[C@@H](c1ccccc1Cl)N1CCc2sccc2C1. The molecule has 1 atom stereocenters. The van der Waals surface area contributed by atoms with Gasteiger partial charge in [0.15, 0.2) is 0 Å². The van der Waals surface area contributed by atoms with Gasteiger partial charge in [-0.25, -0.2) is 0 Å². The summed E-state index contributed by atoms with van der Waals surface area (Å²) in [7, 11) is 1.43. The maximum atomic E-state index is 11.9. The second-order valence-corrected chi connectivity index (χ2v) is 6.81. The largest absolute Gasteiger partial charge is 0.469 e. The van der Waals surface area contributed by atoms with Crippen molar-refractivity contribution in [3.8, 4) is 0 Å². The highest BCUT2D eigenvalue weighted by Crippen LogP contribution is 2.35. The molecule has 0 aliphatic carbocycles. The van der Waals surface area contributed by atoms with Crippen LogP contribution >= 0.6 is 22.9 Å². The lowest BCUT2D eigenvalue weighted by molar-refractivity contribution is -0.142. The Labute approximate surface area is 139 Å². The summed E-state index contributed by atoms with van der Waals surface area (Å²) < 4.78 is 4.88. The summed E-state index contributed by atoms with van der Waals surface area (Å²) in [6.07, 6.45) is 1.34. The molecule has 3 rings (SSSR count). The minimum absolute atomic E-state index is 0.0470. The third-order valence-electron chi connectivity index (χ3n) is 4.13. The highest BCUT2D eigenvalue weighted by atomic mass is 35.5. The van der Waals surface area contributed by atoms with Gasteiger partial charge in [-0.2, -0.15) is 0 Å². The molecule has 0 saturated carbocycles. The molecule has 1 aromatic heterocycles. The van der Waals surface area contributed by atoms with Gasteiger partial charge in [0.2, 0.25) is 0 Å². The van der Waals surface area contributed by atoms with Crippen LogP contribution in [-0.2, 0) is 22.5 Å². The van der Waals surface area contributed by atoms with Gasteiger partial charge in [0.1, 0.15) is 0 Å². The van der Waals surface area contributed by atoms with Gasteiger partial charge in [-0.05, 0) is 35.1 Å². The van der Waals surface area contributed by atoms with Gasteiger partial charge < -0.3 is 4.74 Å². The molecule has 1 aliphatic heterocycles. The van der Waals surface area contributed by atoms with Gasteiger partial charge >= 0.3 is 5.97 Å². The van der Waals surface area contributed by atoms with E-state index in [-0.39, 0.29) is 12.0 Å². The first-order valence-corrected chi connectivity index (χ1v) is 8.55. The number of hydrogen-bond acceptors (Lipinski definition) is 4. The van der Waals surface area contributed by atoms with E-state index in [0.717, 1.165) is 25.1 Å². The summed E-state index contributed by atoms with van der Waals surface area (Å²) in [5, 5.41) is 2.84. The van der Waals surface area contributed by atoms with E-state index in [0.29, 0.717) is 11.4 Å². The minimum atomic E-state index is -0.207. The van der Waals surface area contributed by atoms with E-state index in [4.69, 9.17) is 16.3 Å². The number of ether oxygens (including phenoxy) is 1. The molecule has 0 amide bonds. The molecule has 0 radical (unpaired) electrons. The highest BCUT2D eigenvalue weighted by molar-refractivity contribution is 7.10. The van der Waals surface area contributed by atoms with E-state index in [2.05, 4.69) is 16.3 Å². The van der Waals surface area contributed by atoms with Crippen molar-refractivity contribution in [2.75, 3.05) is 13.7 Å². The third-order valence-corrected chi connectivity index (χ3v) is 5.50. The first-order chi connectivity index (χ1) is 10.7. The summed E-state index contributed by atoms with van der Waals surface area (Å²) in [5.41, 5.74) is 2.35. The van der Waals surface area contributed by atoms with Crippen molar-refractivity contribution in [1.82, 2.24) is 4.90 Å². The second kappa shape index (κ2) is 6.82. The maximum absolute atomic E-state index is 11.9. The molecule has 5 heteroatoms. The topological polar surface area (TPSA) is 29.5 Å². The van der Waals surface area contributed by atoms with Crippen LogP contribution in [0.4, 0.5) is 0 Å². The smallest absolute Gasteiger partial charge is 0.307 e. The van der Waals surface area contributed by atoms with E-state index >= 15 is 0 Å². The zero-order valence-electron chi connectivity index (χ0n) is 12.4. The zero-order chi connectivity index (χ0) is 15.5. The average Bonchev–Trinajstić information content (AvgIpc) is 3.00. The molecule has 0 bridgehead atoms.